The number of nitrogens with two attached hydrogens (primary N) is 1. The van der Waals surface area contributed by atoms with Gasteiger partial charge in [0, 0.05) is 19.0 Å². The van der Waals surface area contributed by atoms with Crippen LogP contribution in [0.1, 0.15) is 25.1 Å². The number of carbonyl (C=O) groups is 5. The summed E-state index contributed by atoms with van der Waals surface area (Å²) >= 11 is 0. The van der Waals surface area contributed by atoms with Crippen LogP contribution in [0.15, 0.2) is 36.8 Å². The number of rotatable bonds is 13. The van der Waals surface area contributed by atoms with Gasteiger partial charge >= 0.3 is 5.97 Å². The Bertz CT molecular complexity index is 1090. The number of aromatic amines is 1. The molecule has 0 unspecified atom stereocenters. The van der Waals surface area contributed by atoms with Crippen LogP contribution in [0.3, 0.4) is 0 Å². The van der Waals surface area contributed by atoms with Crippen LogP contribution >= 0.6 is 0 Å². The molecule has 9 N–H and O–H groups in total. The molecule has 0 aliphatic carbocycles. The Balaban J connectivity index is 2.09. The van der Waals surface area contributed by atoms with Crippen LogP contribution in [-0.2, 0) is 36.8 Å². The van der Waals surface area contributed by atoms with E-state index in [9.17, 15) is 34.2 Å². The summed E-state index contributed by atoms with van der Waals surface area (Å²) in [7, 11) is 0. The van der Waals surface area contributed by atoms with Crippen molar-refractivity contribution in [3.05, 3.63) is 48.0 Å². The van der Waals surface area contributed by atoms with Crippen LogP contribution in [0, 0.1) is 0 Å². The highest BCUT2D eigenvalue weighted by molar-refractivity contribution is 5.94. The van der Waals surface area contributed by atoms with Crippen molar-refractivity contribution in [3.63, 3.8) is 0 Å². The maximum absolute atomic E-state index is 13.1. The molecule has 37 heavy (non-hydrogen) atoms. The van der Waals surface area contributed by atoms with Gasteiger partial charge in [-0.05, 0) is 31.5 Å². The van der Waals surface area contributed by atoms with Gasteiger partial charge in [0.1, 0.15) is 29.9 Å². The van der Waals surface area contributed by atoms with E-state index in [1.54, 1.807) is 0 Å². The maximum Gasteiger partial charge on any atom is 0.326 e. The van der Waals surface area contributed by atoms with Crippen molar-refractivity contribution in [3.8, 4) is 5.75 Å². The number of hydrogen-bond acceptors (Lipinski definition) is 8. The molecule has 0 aliphatic rings. The van der Waals surface area contributed by atoms with Gasteiger partial charge in [0.2, 0.25) is 23.6 Å². The van der Waals surface area contributed by atoms with Gasteiger partial charge in [-0.25, -0.2) is 9.78 Å². The van der Waals surface area contributed by atoms with E-state index in [4.69, 9.17) is 5.73 Å². The van der Waals surface area contributed by atoms with E-state index in [1.807, 2.05) is 0 Å². The number of H-pyrrole nitrogens is 1. The average Bonchev–Trinajstić information content (AvgIpc) is 3.37. The third-order valence-electron chi connectivity index (χ3n) is 5.30. The molecule has 0 aliphatic heterocycles. The predicted octanol–water partition coefficient (Wildman–Crippen LogP) is -2.08. The molecular formula is C23H31N7O7. The van der Waals surface area contributed by atoms with Gasteiger partial charge in [-0.15, -0.1) is 0 Å². The van der Waals surface area contributed by atoms with Crippen molar-refractivity contribution in [1.82, 2.24) is 31.2 Å². The highest BCUT2D eigenvalue weighted by Crippen LogP contribution is 2.12. The highest BCUT2D eigenvalue weighted by Gasteiger charge is 2.29. The SMILES string of the molecule is C[C@H](NC(=O)CN)C(=O)N[C@@H](C)C(=O)N[C@@H](Cc1c[nH]cn1)C(=O)N[C@@H](Cc1ccc(O)cc1)C(=O)O. The number of aliphatic carboxylic acids is 1. The van der Waals surface area contributed by atoms with Crippen molar-refractivity contribution >= 4 is 29.6 Å². The van der Waals surface area contributed by atoms with Crippen LogP contribution in [0.2, 0.25) is 0 Å². The van der Waals surface area contributed by atoms with Crippen molar-refractivity contribution in [1.29, 1.82) is 0 Å². The number of aromatic hydroxyl groups is 1. The minimum absolute atomic E-state index is 0.0128. The Kier molecular flexibility index (Phi) is 10.6. The first-order valence-electron chi connectivity index (χ1n) is 11.4. The molecule has 14 heteroatoms. The van der Waals surface area contributed by atoms with Crippen LogP contribution in [-0.4, -0.2) is 80.5 Å². The van der Waals surface area contributed by atoms with Gasteiger partial charge in [-0.1, -0.05) is 12.1 Å². The molecule has 1 heterocycles. The molecular weight excluding hydrogens is 486 g/mol. The Morgan fingerprint density at radius 1 is 0.892 bits per heavy atom. The number of hydrogen-bond donors (Lipinski definition) is 8. The summed E-state index contributed by atoms with van der Waals surface area (Å²) in [6.45, 7) is 2.50. The molecule has 0 radical (unpaired) electrons. The normalized spacial score (nSPS) is 13.9. The lowest BCUT2D eigenvalue weighted by atomic mass is 10.0. The lowest BCUT2D eigenvalue weighted by Crippen LogP contribution is -2.57. The summed E-state index contributed by atoms with van der Waals surface area (Å²) in [5.41, 5.74) is 6.20. The standard InChI is InChI=1S/C23H31N7O7/c1-12(27-19(32)9-24)20(33)28-13(2)21(34)29-17(8-15-10-25-11-26-15)22(35)30-18(23(36)37)7-14-3-5-16(31)6-4-14/h3-6,10-13,17-18,31H,7-9,24H2,1-2H3,(H,25,26)(H,27,32)(H,28,33)(H,29,34)(H,30,35)(H,36,37)/t12-,13-,17-,18-/m0/s1. The van der Waals surface area contributed by atoms with E-state index < -0.39 is 53.8 Å². The molecule has 0 saturated carbocycles. The number of phenolic OH excluding ortho intramolecular Hbond substituents is 1. The smallest absolute Gasteiger partial charge is 0.326 e. The third kappa shape index (κ3) is 9.25. The first-order valence-corrected chi connectivity index (χ1v) is 11.4. The second-order valence-corrected chi connectivity index (χ2v) is 8.32. The van der Waals surface area contributed by atoms with Gasteiger partial charge in [-0.3, -0.25) is 19.2 Å². The fourth-order valence-corrected chi connectivity index (χ4v) is 3.23. The summed E-state index contributed by atoms with van der Waals surface area (Å²) in [6, 6.07) is 1.27. The minimum Gasteiger partial charge on any atom is -0.508 e. The van der Waals surface area contributed by atoms with E-state index in [0.717, 1.165) is 0 Å². The fourth-order valence-electron chi connectivity index (χ4n) is 3.23. The second-order valence-electron chi connectivity index (χ2n) is 8.32. The molecule has 200 valence electrons. The molecule has 0 fully saturated rings. The molecule has 2 aromatic rings. The lowest BCUT2D eigenvalue weighted by Gasteiger charge is -2.23. The molecule has 1 aromatic carbocycles. The summed E-state index contributed by atoms with van der Waals surface area (Å²) < 4.78 is 0. The number of carboxylic acid groups (broad SMARTS) is 1. The van der Waals surface area contributed by atoms with Crippen LogP contribution in [0.5, 0.6) is 5.75 Å². The highest BCUT2D eigenvalue weighted by atomic mass is 16.4. The monoisotopic (exact) mass is 517 g/mol. The number of aromatic nitrogens is 2. The molecule has 2 rings (SSSR count). The van der Waals surface area contributed by atoms with Gasteiger partial charge < -0.3 is 42.2 Å². The number of carbonyl (C=O) groups excluding carboxylic acids is 4. The number of nitrogens with zero attached hydrogens (tertiary/aromatic N) is 1. The summed E-state index contributed by atoms with van der Waals surface area (Å²) in [4.78, 5) is 68.1. The van der Waals surface area contributed by atoms with Crippen LogP contribution in [0.4, 0.5) is 0 Å². The Labute approximate surface area is 212 Å². The number of nitrogens with one attached hydrogen (secondary N) is 5. The number of amides is 4. The molecule has 0 bridgehead atoms. The van der Waals surface area contributed by atoms with Gasteiger partial charge in [0.15, 0.2) is 0 Å². The van der Waals surface area contributed by atoms with Gasteiger partial charge in [-0.2, -0.15) is 0 Å². The predicted molar refractivity (Wildman–Crippen MR) is 130 cm³/mol. The zero-order valence-electron chi connectivity index (χ0n) is 20.4. The Hall–Kier alpha value is -4.46. The van der Waals surface area contributed by atoms with Crippen molar-refractivity contribution < 1.29 is 34.2 Å². The summed E-state index contributed by atoms with van der Waals surface area (Å²) in [6.07, 6.45) is 2.78. The van der Waals surface area contributed by atoms with E-state index in [0.29, 0.717) is 11.3 Å². The van der Waals surface area contributed by atoms with Gasteiger partial charge in [0.25, 0.3) is 0 Å². The molecule has 4 amide bonds. The molecule has 1 aromatic heterocycles. The Morgan fingerprint density at radius 3 is 2.05 bits per heavy atom. The van der Waals surface area contributed by atoms with Crippen molar-refractivity contribution in [2.45, 2.75) is 50.9 Å². The number of carboxylic acids is 1. The lowest BCUT2D eigenvalue weighted by molar-refractivity contribution is -0.142. The van der Waals surface area contributed by atoms with Crippen molar-refractivity contribution in [2.75, 3.05) is 6.54 Å². The van der Waals surface area contributed by atoms with Crippen LogP contribution < -0.4 is 27.0 Å². The minimum atomic E-state index is -1.32. The topological polar surface area (TPSA) is 229 Å². The van der Waals surface area contributed by atoms with E-state index in [1.165, 1.54) is 50.6 Å². The van der Waals surface area contributed by atoms with E-state index >= 15 is 0 Å². The third-order valence-corrected chi connectivity index (χ3v) is 5.30. The molecule has 0 spiro atoms. The van der Waals surface area contributed by atoms with Crippen LogP contribution in [0.25, 0.3) is 0 Å². The fraction of sp³-hybridized carbons (Fsp3) is 0.391. The Morgan fingerprint density at radius 2 is 1.49 bits per heavy atom. The number of benzene rings is 1. The van der Waals surface area contributed by atoms with E-state index in [-0.39, 0.29) is 25.1 Å². The average molecular weight is 518 g/mol. The largest absolute Gasteiger partial charge is 0.508 e. The quantitative estimate of drug-likeness (QED) is 0.146. The zero-order chi connectivity index (χ0) is 27.5. The summed E-state index contributed by atoms with van der Waals surface area (Å²) in [5, 5.41) is 28.8. The number of imidazole rings is 1. The first-order chi connectivity index (χ1) is 17.5. The summed E-state index contributed by atoms with van der Waals surface area (Å²) in [5.74, 6) is -3.95. The molecule has 4 atom stereocenters. The zero-order valence-corrected chi connectivity index (χ0v) is 20.4. The second kappa shape index (κ2) is 13.6. The molecule has 0 saturated heterocycles. The number of phenols is 1. The molecule has 14 nitrogen and oxygen atoms in total. The maximum atomic E-state index is 13.1. The van der Waals surface area contributed by atoms with E-state index in [2.05, 4.69) is 31.2 Å². The first kappa shape index (κ1) is 28.8. The van der Waals surface area contributed by atoms with Crippen molar-refractivity contribution in [2.24, 2.45) is 5.73 Å². The van der Waals surface area contributed by atoms with Gasteiger partial charge in [0.05, 0.1) is 18.6 Å².